The van der Waals surface area contributed by atoms with E-state index < -0.39 is 5.41 Å². The van der Waals surface area contributed by atoms with Gasteiger partial charge in [0.25, 0.3) is 0 Å². The highest BCUT2D eigenvalue weighted by molar-refractivity contribution is 6.04. The van der Waals surface area contributed by atoms with Crippen LogP contribution in [0.4, 0.5) is 0 Å². The first-order valence-electron chi connectivity index (χ1n) is 13.6. The van der Waals surface area contributed by atoms with Gasteiger partial charge in [-0.25, -0.2) is 0 Å². The van der Waals surface area contributed by atoms with E-state index in [9.17, 15) is 14.9 Å². The van der Waals surface area contributed by atoms with E-state index in [1.807, 2.05) is 19.9 Å². The lowest BCUT2D eigenvalue weighted by atomic mass is 9.32. The predicted molar refractivity (Wildman–Crippen MR) is 133 cm³/mol. The normalized spacial score (nSPS) is 51.2. The summed E-state index contributed by atoms with van der Waals surface area (Å²) in [6.07, 6.45) is 9.76. The standard InChI is InChI=1S/C30H44N2O2/c1-25(2)10-12-30(32)13-11-29(7)23(19(30)16-25)20(33)14-22-27(5)15-18(17-31)24(34)26(3,4)21(27)8-9-28(22,29)6/h15,19,21-23H,8-14,16,32H2,1-7H3/t19-,21-,22?,23-,27-,28+,29+,30-/m0/s1. The second kappa shape index (κ2) is 6.84. The Labute approximate surface area is 206 Å². The third-order valence-electron chi connectivity index (χ3n) is 12.5. The number of allylic oxidation sites excluding steroid dienone is 2. The van der Waals surface area contributed by atoms with Crippen molar-refractivity contribution in [2.45, 2.75) is 105 Å². The van der Waals surface area contributed by atoms with Crippen molar-refractivity contribution in [3.05, 3.63) is 11.6 Å². The quantitative estimate of drug-likeness (QED) is 0.477. The van der Waals surface area contributed by atoms with E-state index in [1.165, 1.54) is 0 Å². The summed E-state index contributed by atoms with van der Waals surface area (Å²) < 4.78 is 0. The molecule has 0 aromatic carbocycles. The van der Waals surface area contributed by atoms with Crippen LogP contribution in [-0.4, -0.2) is 17.1 Å². The van der Waals surface area contributed by atoms with Crippen molar-refractivity contribution in [3.8, 4) is 6.07 Å². The zero-order valence-corrected chi connectivity index (χ0v) is 22.4. The SMILES string of the molecule is CC1(C)CC[C@]2(N)CC[C@]3(C)[C@H](C(=O)CC4[C@@]5(C)C=C(C#N)C(=O)C(C)(C)[C@@H]5CC[C@]43C)[C@@H]2C1. The Bertz CT molecular complexity index is 1030. The van der Waals surface area contributed by atoms with Gasteiger partial charge < -0.3 is 5.73 Å². The van der Waals surface area contributed by atoms with Gasteiger partial charge in [0.2, 0.25) is 0 Å². The zero-order chi connectivity index (χ0) is 25.1. The van der Waals surface area contributed by atoms with Gasteiger partial charge in [0.15, 0.2) is 5.78 Å². The number of nitrogens with two attached hydrogens (primary N) is 1. The third kappa shape index (κ3) is 2.80. The predicted octanol–water partition coefficient (Wildman–Crippen LogP) is 6.00. The minimum Gasteiger partial charge on any atom is -0.325 e. The van der Waals surface area contributed by atoms with Gasteiger partial charge in [-0.1, -0.05) is 54.5 Å². The van der Waals surface area contributed by atoms with E-state index in [1.54, 1.807) is 0 Å². The fourth-order valence-electron chi connectivity index (χ4n) is 10.3. The minimum atomic E-state index is -0.580. The molecule has 5 aliphatic carbocycles. The molecular formula is C30H44N2O2. The maximum atomic E-state index is 14.2. The molecule has 0 saturated heterocycles. The van der Waals surface area contributed by atoms with Gasteiger partial charge in [-0.15, -0.1) is 0 Å². The summed E-state index contributed by atoms with van der Waals surface area (Å²) in [5, 5.41) is 9.84. The van der Waals surface area contributed by atoms with Crippen LogP contribution in [0.25, 0.3) is 0 Å². The van der Waals surface area contributed by atoms with Gasteiger partial charge in [-0.05, 0) is 84.4 Å². The maximum absolute atomic E-state index is 14.2. The molecule has 5 aliphatic rings. The lowest BCUT2D eigenvalue weighted by Gasteiger charge is -2.71. The van der Waals surface area contributed by atoms with E-state index in [2.05, 4.69) is 40.7 Å². The van der Waals surface area contributed by atoms with Crippen molar-refractivity contribution >= 4 is 11.6 Å². The molecule has 4 heteroatoms. The molecule has 4 nitrogen and oxygen atoms in total. The second-order valence-corrected chi connectivity index (χ2v) is 14.9. The molecule has 1 unspecified atom stereocenters. The first kappa shape index (κ1) is 24.2. The second-order valence-electron chi connectivity index (χ2n) is 14.9. The molecule has 186 valence electrons. The summed E-state index contributed by atoms with van der Waals surface area (Å²) >= 11 is 0. The number of nitrogens with zero attached hydrogens (tertiary/aromatic N) is 1. The highest BCUT2D eigenvalue weighted by Gasteiger charge is 2.71. The number of fused-ring (bicyclic) bond motifs is 7. The average Bonchev–Trinajstić information content (AvgIpc) is 2.74. The van der Waals surface area contributed by atoms with Crippen LogP contribution >= 0.6 is 0 Å². The molecule has 0 radical (unpaired) electrons. The van der Waals surface area contributed by atoms with E-state index in [0.29, 0.717) is 17.8 Å². The number of ketones is 2. The highest BCUT2D eigenvalue weighted by atomic mass is 16.1. The van der Waals surface area contributed by atoms with Crippen LogP contribution in [0.2, 0.25) is 0 Å². The van der Waals surface area contributed by atoms with Crippen molar-refractivity contribution in [3.63, 3.8) is 0 Å². The van der Waals surface area contributed by atoms with Crippen molar-refractivity contribution in [2.75, 3.05) is 0 Å². The summed E-state index contributed by atoms with van der Waals surface area (Å²) in [5.74, 6) is 0.935. The van der Waals surface area contributed by atoms with E-state index >= 15 is 0 Å². The van der Waals surface area contributed by atoms with Crippen LogP contribution in [-0.2, 0) is 9.59 Å². The molecule has 2 N–H and O–H groups in total. The number of Topliss-reactive ketones (excluding diaryl/α,β-unsaturated/α-hetero) is 2. The summed E-state index contributed by atoms with van der Waals surface area (Å²) in [6, 6.07) is 2.21. The van der Waals surface area contributed by atoms with Crippen molar-refractivity contribution < 1.29 is 9.59 Å². The Hall–Kier alpha value is -1.47. The monoisotopic (exact) mass is 464 g/mol. The van der Waals surface area contributed by atoms with Gasteiger partial charge in [-0.2, -0.15) is 5.26 Å². The van der Waals surface area contributed by atoms with Crippen LogP contribution in [0.15, 0.2) is 11.6 Å². The molecule has 0 spiro atoms. The Morgan fingerprint density at radius 1 is 0.912 bits per heavy atom. The lowest BCUT2D eigenvalue weighted by Crippen LogP contribution is -2.71. The fraction of sp³-hybridized carbons (Fsp3) is 0.833. The number of rotatable bonds is 0. The van der Waals surface area contributed by atoms with Gasteiger partial charge in [0.1, 0.15) is 11.9 Å². The summed E-state index contributed by atoms with van der Waals surface area (Å²) in [5.41, 5.74) is 6.38. The molecule has 34 heavy (non-hydrogen) atoms. The largest absolute Gasteiger partial charge is 0.325 e. The molecule has 0 amide bonds. The van der Waals surface area contributed by atoms with E-state index in [4.69, 9.17) is 5.73 Å². The topological polar surface area (TPSA) is 83.9 Å². The smallest absolute Gasteiger partial charge is 0.178 e. The van der Waals surface area contributed by atoms with E-state index in [-0.39, 0.29) is 56.7 Å². The van der Waals surface area contributed by atoms with Crippen LogP contribution in [0, 0.1) is 62.1 Å². The molecule has 4 fully saturated rings. The average molecular weight is 465 g/mol. The molecule has 4 saturated carbocycles. The van der Waals surface area contributed by atoms with Crippen LogP contribution in [0.5, 0.6) is 0 Å². The Kier molecular flexibility index (Phi) is 4.88. The number of nitriles is 1. The molecule has 0 aromatic heterocycles. The van der Waals surface area contributed by atoms with Crippen LogP contribution in [0.1, 0.15) is 99.8 Å². The van der Waals surface area contributed by atoms with Gasteiger partial charge in [0, 0.05) is 23.3 Å². The number of carbonyl (C=O) groups excluding carboxylic acids is 2. The minimum absolute atomic E-state index is 0.0184. The Morgan fingerprint density at radius 3 is 2.21 bits per heavy atom. The van der Waals surface area contributed by atoms with Crippen molar-refractivity contribution in [1.29, 1.82) is 5.26 Å². The number of carbonyl (C=O) groups is 2. The molecule has 8 atom stereocenters. The Morgan fingerprint density at radius 2 is 1.56 bits per heavy atom. The van der Waals surface area contributed by atoms with Gasteiger partial charge >= 0.3 is 0 Å². The molecule has 5 rings (SSSR count). The fourth-order valence-corrected chi connectivity index (χ4v) is 10.3. The number of hydrogen-bond acceptors (Lipinski definition) is 4. The Balaban J connectivity index is 1.63. The first-order chi connectivity index (χ1) is 15.6. The summed E-state index contributed by atoms with van der Waals surface area (Å²) in [6.45, 7) is 15.8. The first-order valence-corrected chi connectivity index (χ1v) is 13.6. The molecule has 0 bridgehead atoms. The highest BCUT2D eigenvalue weighted by Crippen LogP contribution is 2.74. The number of hydrogen-bond donors (Lipinski definition) is 1. The van der Waals surface area contributed by atoms with Crippen molar-refractivity contribution in [2.24, 2.45) is 56.5 Å². The molecule has 0 aliphatic heterocycles. The lowest BCUT2D eigenvalue weighted by molar-refractivity contribution is -0.212. The van der Waals surface area contributed by atoms with Gasteiger partial charge in [0.05, 0.1) is 5.57 Å². The molecular weight excluding hydrogens is 420 g/mol. The van der Waals surface area contributed by atoms with Gasteiger partial charge in [-0.3, -0.25) is 9.59 Å². The van der Waals surface area contributed by atoms with E-state index in [0.717, 1.165) is 44.9 Å². The molecule has 0 heterocycles. The summed E-state index contributed by atoms with van der Waals surface area (Å²) in [7, 11) is 0. The maximum Gasteiger partial charge on any atom is 0.178 e. The van der Waals surface area contributed by atoms with Crippen molar-refractivity contribution in [1.82, 2.24) is 0 Å². The summed E-state index contributed by atoms with van der Waals surface area (Å²) in [4.78, 5) is 27.4. The third-order valence-corrected chi connectivity index (χ3v) is 12.5. The zero-order valence-electron chi connectivity index (χ0n) is 22.4. The van der Waals surface area contributed by atoms with Crippen LogP contribution in [0.3, 0.4) is 0 Å². The van der Waals surface area contributed by atoms with Crippen LogP contribution < -0.4 is 5.73 Å². The molecule has 0 aromatic rings.